The van der Waals surface area contributed by atoms with Gasteiger partial charge in [0.1, 0.15) is 4.87 Å². The highest BCUT2D eigenvalue weighted by atomic mass is 32.2. The summed E-state index contributed by atoms with van der Waals surface area (Å²) in [5.74, 6) is -0.652. The molecule has 7 nitrogen and oxygen atoms in total. The van der Waals surface area contributed by atoms with Crippen LogP contribution in [-0.4, -0.2) is 43.3 Å². The van der Waals surface area contributed by atoms with Crippen LogP contribution >= 0.6 is 0 Å². The van der Waals surface area contributed by atoms with E-state index >= 15 is 0 Å². The Morgan fingerprint density at radius 3 is 2.28 bits per heavy atom. The zero-order valence-corrected chi connectivity index (χ0v) is 11.3. The van der Waals surface area contributed by atoms with Crippen molar-refractivity contribution in [3.8, 4) is 0 Å². The molecule has 2 N–H and O–H groups in total. The van der Waals surface area contributed by atoms with Crippen LogP contribution < -0.4 is 5.32 Å². The molecule has 0 heterocycles. The molecule has 0 aliphatic heterocycles. The van der Waals surface area contributed by atoms with Crippen LogP contribution in [0.3, 0.4) is 0 Å². The smallest absolute Gasteiger partial charge is 0.405 e. The topological polar surface area (TPSA) is 110 Å². The number of sulfone groups is 1. The van der Waals surface area contributed by atoms with Gasteiger partial charge in [-0.15, -0.1) is 0 Å². The number of hydrogen-bond acceptors (Lipinski definition) is 5. The molecule has 0 aromatic rings. The summed E-state index contributed by atoms with van der Waals surface area (Å²) in [6.07, 6.45) is -0.741. The first kappa shape index (κ1) is 16.4. The Labute approximate surface area is 106 Å². The van der Waals surface area contributed by atoms with E-state index in [0.29, 0.717) is 0 Å². The summed E-state index contributed by atoms with van der Waals surface area (Å²) in [4.78, 5) is 20.0. The number of nitrogens with one attached hydrogen (secondary N) is 1. The van der Waals surface area contributed by atoms with Crippen molar-refractivity contribution in [1.82, 2.24) is 5.32 Å². The van der Waals surface area contributed by atoms with Gasteiger partial charge in [0.25, 0.3) is 0 Å². The molecule has 0 aliphatic rings. The second-order valence-corrected chi connectivity index (χ2v) is 6.54. The summed E-state index contributed by atoms with van der Waals surface area (Å²) in [6, 6.07) is 0. The van der Waals surface area contributed by atoms with Crippen LogP contribution in [0.25, 0.3) is 0 Å². The Morgan fingerprint density at radius 1 is 1.44 bits per heavy atom. The third-order valence-electron chi connectivity index (χ3n) is 2.35. The second kappa shape index (κ2) is 5.85. The summed E-state index contributed by atoms with van der Waals surface area (Å²) < 4.78 is 27.8. The summed E-state index contributed by atoms with van der Waals surface area (Å²) in [6.45, 7) is 5.80. The van der Waals surface area contributed by atoms with Gasteiger partial charge in [0.15, 0.2) is 9.84 Å². The van der Waals surface area contributed by atoms with E-state index in [2.05, 4.69) is 6.58 Å². The Hall–Kier alpha value is -1.57. The number of carbonyl (C=O) groups excluding carboxylic acids is 1. The zero-order chi connectivity index (χ0) is 14.6. The molecule has 0 aromatic heterocycles. The molecular formula is C10H17NO6S. The monoisotopic (exact) mass is 279 g/mol. The van der Waals surface area contributed by atoms with Gasteiger partial charge in [0.2, 0.25) is 0 Å². The van der Waals surface area contributed by atoms with Crippen molar-refractivity contribution in [3.05, 3.63) is 12.2 Å². The van der Waals surface area contributed by atoms with Gasteiger partial charge in [-0.05, 0) is 13.8 Å². The third-order valence-corrected chi connectivity index (χ3v) is 4.29. The van der Waals surface area contributed by atoms with Crippen molar-refractivity contribution < 1.29 is 27.9 Å². The van der Waals surface area contributed by atoms with Gasteiger partial charge >= 0.3 is 12.1 Å². The van der Waals surface area contributed by atoms with Crippen molar-refractivity contribution in [2.24, 2.45) is 0 Å². The van der Waals surface area contributed by atoms with Crippen molar-refractivity contribution in [1.29, 1.82) is 0 Å². The van der Waals surface area contributed by atoms with Crippen LogP contribution in [0.4, 0.5) is 4.79 Å². The molecule has 18 heavy (non-hydrogen) atoms. The first-order valence-electron chi connectivity index (χ1n) is 5.03. The molecule has 0 rings (SSSR count). The maximum atomic E-state index is 11.5. The quantitative estimate of drug-likeness (QED) is 0.542. The zero-order valence-electron chi connectivity index (χ0n) is 10.5. The van der Waals surface area contributed by atoms with Crippen LogP contribution in [0.15, 0.2) is 12.2 Å². The lowest BCUT2D eigenvalue weighted by Crippen LogP contribution is -2.51. The standard InChI is InChI=1S/C10H17NO6S/c1-7(2)8(12)17-6-5-10(3,11-9(13)14)18(4,15)16/h11H,1,5-6H2,2-4H3,(H,13,14). The molecule has 8 heteroatoms. The van der Waals surface area contributed by atoms with E-state index in [1.165, 1.54) is 13.8 Å². The highest BCUT2D eigenvalue weighted by Gasteiger charge is 2.37. The molecule has 0 saturated heterocycles. The van der Waals surface area contributed by atoms with Gasteiger partial charge in [-0.3, -0.25) is 0 Å². The van der Waals surface area contributed by atoms with E-state index in [9.17, 15) is 18.0 Å². The minimum atomic E-state index is -3.68. The second-order valence-electron chi connectivity index (χ2n) is 4.10. The molecule has 0 aliphatic carbocycles. The fourth-order valence-corrected chi connectivity index (χ4v) is 1.76. The maximum absolute atomic E-state index is 11.5. The first-order chi connectivity index (χ1) is 7.99. The number of carboxylic acid groups (broad SMARTS) is 1. The largest absolute Gasteiger partial charge is 0.465 e. The summed E-state index contributed by atoms with van der Waals surface area (Å²) in [7, 11) is -3.68. The fourth-order valence-electron chi connectivity index (χ4n) is 1.03. The average Bonchev–Trinajstić information content (AvgIpc) is 2.14. The molecule has 1 unspecified atom stereocenters. The van der Waals surface area contributed by atoms with Crippen molar-refractivity contribution in [2.75, 3.05) is 12.9 Å². The van der Waals surface area contributed by atoms with E-state index in [1.807, 2.05) is 5.32 Å². The lowest BCUT2D eigenvalue weighted by atomic mass is 10.2. The SMILES string of the molecule is C=C(C)C(=O)OCCC(C)(NC(=O)O)S(C)(=O)=O. The summed E-state index contributed by atoms with van der Waals surface area (Å²) >= 11 is 0. The van der Waals surface area contributed by atoms with Crippen molar-refractivity contribution in [3.63, 3.8) is 0 Å². The first-order valence-corrected chi connectivity index (χ1v) is 6.92. The maximum Gasteiger partial charge on any atom is 0.405 e. The van der Waals surface area contributed by atoms with Gasteiger partial charge < -0.3 is 15.2 Å². The summed E-state index contributed by atoms with van der Waals surface area (Å²) in [5, 5.41) is 10.5. The molecule has 104 valence electrons. The van der Waals surface area contributed by atoms with E-state index in [1.54, 1.807) is 0 Å². The molecule has 1 atom stereocenters. The Kier molecular flexibility index (Phi) is 5.34. The average molecular weight is 279 g/mol. The molecule has 1 amide bonds. The number of esters is 1. The third kappa shape index (κ3) is 4.74. The fraction of sp³-hybridized carbons (Fsp3) is 0.600. The van der Waals surface area contributed by atoms with E-state index in [0.717, 1.165) is 6.26 Å². The predicted octanol–water partition coefficient (Wildman–Crippen LogP) is 0.524. The Bertz CT molecular complexity index is 455. The van der Waals surface area contributed by atoms with Crippen LogP contribution in [0.1, 0.15) is 20.3 Å². The van der Waals surface area contributed by atoms with Gasteiger partial charge in [-0.1, -0.05) is 6.58 Å². The normalized spacial score (nSPS) is 14.4. The summed E-state index contributed by atoms with van der Waals surface area (Å²) in [5.41, 5.74) is 0.183. The predicted molar refractivity (Wildman–Crippen MR) is 64.8 cm³/mol. The van der Waals surface area contributed by atoms with Gasteiger partial charge in [-0.2, -0.15) is 0 Å². The van der Waals surface area contributed by atoms with Crippen molar-refractivity contribution in [2.45, 2.75) is 25.1 Å². The molecule has 0 bridgehead atoms. The van der Waals surface area contributed by atoms with Crippen LogP contribution in [0, 0.1) is 0 Å². The number of hydrogen-bond donors (Lipinski definition) is 2. The molecular weight excluding hydrogens is 262 g/mol. The lowest BCUT2D eigenvalue weighted by Gasteiger charge is -2.27. The number of carbonyl (C=O) groups is 2. The molecule has 0 aromatic carbocycles. The van der Waals surface area contributed by atoms with Crippen LogP contribution in [-0.2, 0) is 19.4 Å². The van der Waals surface area contributed by atoms with Crippen LogP contribution in [0.2, 0.25) is 0 Å². The number of rotatable bonds is 6. The molecule has 0 fully saturated rings. The molecule has 0 radical (unpaired) electrons. The lowest BCUT2D eigenvalue weighted by molar-refractivity contribution is -0.139. The highest BCUT2D eigenvalue weighted by molar-refractivity contribution is 7.92. The number of ether oxygens (including phenoxy) is 1. The minimum Gasteiger partial charge on any atom is -0.465 e. The molecule has 0 spiro atoms. The minimum absolute atomic E-state index is 0.183. The highest BCUT2D eigenvalue weighted by Crippen LogP contribution is 2.17. The Morgan fingerprint density at radius 2 is 1.94 bits per heavy atom. The Balaban J connectivity index is 4.69. The van der Waals surface area contributed by atoms with Gasteiger partial charge in [0.05, 0.1) is 6.61 Å². The van der Waals surface area contributed by atoms with Gasteiger partial charge in [-0.25, -0.2) is 18.0 Å². The van der Waals surface area contributed by atoms with E-state index < -0.39 is 26.8 Å². The van der Waals surface area contributed by atoms with Gasteiger partial charge in [0, 0.05) is 18.2 Å². The van der Waals surface area contributed by atoms with Crippen molar-refractivity contribution >= 4 is 21.9 Å². The van der Waals surface area contributed by atoms with E-state index in [-0.39, 0.29) is 18.6 Å². The number of amides is 1. The molecule has 0 saturated carbocycles. The van der Waals surface area contributed by atoms with E-state index in [4.69, 9.17) is 9.84 Å². The van der Waals surface area contributed by atoms with Crippen LogP contribution in [0.5, 0.6) is 0 Å².